The Balaban J connectivity index is 1.94. The summed E-state index contributed by atoms with van der Waals surface area (Å²) >= 11 is 3.49. The lowest BCUT2D eigenvalue weighted by atomic mass is 9.82. The highest BCUT2D eigenvalue weighted by Gasteiger charge is 2.27. The summed E-state index contributed by atoms with van der Waals surface area (Å²) in [6.07, 6.45) is 5.87. The zero-order valence-electron chi connectivity index (χ0n) is 9.50. The maximum absolute atomic E-state index is 5.39. The molecular formula is C12H17BrN2O. The summed E-state index contributed by atoms with van der Waals surface area (Å²) in [5.41, 5.74) is 1.46. The van der Waals surface area contributed by atoms with Crippen LogP contribution in [0.15, 0.2) is 22.9 Å². The number of anilines is 1. The molecule has 2 heterocycles. The van der Waals surface area contributed by atoms with Gasteiger partial charge in [-0.15, -0.1) is 0 Å². The molecule has 0 radical (unpaired) electrons. The van der Waals surface area contributed by atoms with Gasteiger partial charge in [0.1, 0.15) is 0 Å². The van der Waals surface area contributed by atoms with Crippen molar-refractivity contribution >= 4 is 21.6 Å². The lowest BCUT2D eigenvalue weighted by Crippen LogP contribution is -2.33. The summed E-state index contributed by atoms with van der Waals surface area (Å²) < 4.78 is 6.41. The Hall–Kier alpha value is -0.610. The second-order valence-corrected chi connectivity index (χ2v) is 5.49. The highest BCUT2D eigenvalue weighted by Crippen LogP contribution is 2.31. The van der Waals surface area contributed by atoms with Crippen LogP contribution in [0.25, 0.3) is 0 Å². The van der Waals surface area contributed by atoms with E-state index in [4.69, 9.17) is 4.74 Å². The fourth-order valence-electron chi connectivity index (χ4n) is 1.87. The predicted molar refractivity (Wildman–Crippen MR) is 68.6 cm³/mol. The normalized spacial score (nSPS) is 19.4. The van der Waals surface area contributed by atoms with E-state index >= 15 is 0 Å². The molecule has 0 saturated carbocycles. The van der Waals surface area contributed by atoms with E-state index in [-0.39, 0.29) is 0 Å². The molecule has 0 bridgehead atoms. The molecule has 1 aromatic heterocycles. The molecule has 0 unspecified atom stereocenters. The van der Waals surface area contributed by atoms with Crippen molar-refractivity contribution < 1.29 is 4.74 Å². The van der Waals surface area contributed by atoms with Crippen LogP contribution in [0.3, 0.4) is 0 Å². The quantitative estimate of drug-likeness (QED) is 0.926. The van der Waals surface area contributed by atoms with E-state index in [1.165, 1.54) is 0 Å². The van der Waals surface area contributed by atoms with Crippen LogP contribution in [0.1, 0.15) is 19.8 Å². The SMILES string of the molecule is CC1(CNc2ccncc2Br)CCOCC1. The predicted octanol–water partition coefficient (Wildman–Crippen LogP) is 3.07. The molecular weight excluding hydrogens is 268 g/mol. The highest BCUT2D eigenvalue weighted by atomic mass is 79.9. The molecule has 1 saturated heterocycles. The number of nitrogens with zero attached hydrogens (tertiary/aromatic N) is 1. The molecule has 1 N–H and O–H groups in total. The number of ether oxygens (including phenoxy) is 1. The van der Waals surface area contributed by atoms with Gasteiger partial charge < -0.3 is 10.1 Å². The first-order valence-corrected chi connectivity index (χ1v) is 6.40. The third-order valence-electron chi connectivity index (χ3n) is 3.18. The molecule has 16 heavy (non-hydrogen) atoms. The van der Waals surface area contributed by atoms with Gasteiger partial charge in [0.05, 0.1) is 10.2 Å². The van der Waals surface area contributed by atoms with Crippen LogP contribution in [0, 0.1) is 5.41 Å². The van der Waals surface area contributed by atoms with Crippen LogP contribution < -0.4 is 5.32 Å². The maximum atomic E-state index is 5.39. The zero-order chi connectivity index (χ0) is 11.4. The second kappa shape index (κ2) is 5.15. The van der Waals surface area contributed by atoms with E-state index in [2.05, 4.69) is 33.2 Å². The highest BCUT2D eigenvalue weighted by molar-refractivity contribution is 9.10. The van der Waals surface area contributed by atoms with Gasteiger partial charge in [-0.3, -0.25) is 4.98 Å². The van der Waals surface area contributed by atoms with Crippen LogP contribution >= 0.6 is 15.9 Å². The molecule has 0 amide bonds. The molecule has 1 fully saturated rings. The molecule has 3 nitrogen and oxygen atoms in total. The number of halogens is 1. The summed E-state index contributed by atoms with van der Waals surface area (Å²) in [4.78, 5) is 4.05. The van der Waals surface area contributed by atoms with Crippen LogP contribution in [0.2, 0.25) is 0 Å². The number of hydrogen-bond donors (Lipinski definition) is 1. The minimum Gasteiger partial charge on any atom is -0.383 e. The summed E-state index contributed by atoms with van der Waals surface area (Å²) in [5.74, 6) is 0. The lowest BCUT2D eigenvalue weighted by Gasteiger charge is -2.34. The molecule has 88 valence electrons. The van der Waals surface area contributed by atoms with Crippen molar-refractivity contribution in [3.8, 4) is 0 Å². The van der Waals surface area contributed by atoms with Gasteiger partial charge in [0.25, 0.3) is 0 Å². The van der Waals surface area contributed by atoms with Crippen LogP contribution in [-0.2, 0) is 4.74 Å². The molecule has 0 aromatic carbocycles. The monoisotopic (exact) mass is 284 g/mol. The number of hydrogen-bond acceptors (Lipinski definition) is 3. The first-order valence-electron chi connectivity index (χ1n) is 5.61. The maximum Gasteiger partial charge on any atom is 0.0590 e. The summed E-state index contributed by atoms with van der Waals surface area (Å²) in [6.45, 7) is 5.07. The molecule has 0 spiro atoms. The van der Waals surface area contributed by atoms with E-state index < -0.39 is 0 Å². The Kier molecular flexibility index (Phi) is 3.82. The number of rotatable bonds is 3. The third-order valence-corrected chi connectivity index (χ3v) is 3.81. The van der Waals surface area contributed by atoms with E-state index in [1.54, 1.807) is 6.20 Å². The fourth-order valence-corrected chi connectivity index (χ4v) is 2.26. The fraction of sp³-hybridized carbons (Fsp3) is 0.583. The Morgan fingerprint density at radius 1 is 1.50 bits per heavy atom. The van der Waals surface area contributed by atoms with Crippen molar-refractivity contribution in [3.05, 3.63) is 22.9 Å². The Bertz CT molecular complexity index is 351. The molecule has 1 aliphatic rings. The van der Waals surface area contributed by atoms with Crippen molar-refractivity contribution in [2.75, 3.05) is 25.1 Å². The molecule has 0 aliphatic carbocycles. The van der Waals surface area contributed by atoms with Gasteiger partial charge >= 0.3 is 0 Å². The molecule has 2 rings (SSSR count). The zero-order valence-corrected chi connectivity index (χ0v) is 11.1. The number of nitrogens with one attached hydrogen (secondary N) is 1. The van der Waals surface area contributed by atoms with Gasteiger partial charge in [-0.05, 0) is 40.3 Å². The van der Waals surface area contributed by atoms with Crippen LogP contribution in [0.4, 0.5) is 5.69 Å². The van der Waals surface area contributed by atoms with E-state index in [1.807, 2.05) is 12.3 Å². The number of aromatic nitrogens is 1. The summed E-state index contributed by atoms with van der Waals surface area (Å²) in [7, 11) is 0. The van der Waals surface area contributed by atoms with Gasteiger partial charge in [0.2, 0.25) is 0 Å². The molecule has 1 aliphatic heterocycles. The van der Waals surface area contributed by atoms with Gasteiger partial charge in [0, 0.05) is 32.2 Å². The van der Waals surface area contributed by atoms with Crippen molar-refractivity contribution in [2.24, 2.45) is 5.41 Å². The minimum absolute atomic E-state index is 0.348. The Morgan fingerprint density at radius 3 is 2.94 bits per heavy atom. The first-order chi connectivity index (χ1) is 7.70. The standard InChI is InChI=1S/C12H17BrN2O/c1-12(3-6-16-7-4-12)9-15-11-2-5-14-8-10(11)13/h2,5,8H,3-4,6-7,9H2,1H3,(H,14,15). The van der Waals surface area contributed by atoms with Crippen molar-refractivity contribution in [2.45, 2.75) is 19.8 Å². The van der Waals surface area contributed by atoms with Gasteiger partial charge in [-0.2, -0.15) is 0 Å². The topological polar surface area (TPSA) is 34.2 Å². The lowest BCUT2D eigenvalue weighted by molar-refractivity contribution is 0.0300. The largest absolute Gasteiger partial charge is 0.383 e. The van der Waals surface area contributed by atoms with Gasteiger partial charge in [-0.25, -0.2) is 0 Å². The van der Waals surface area contributed by atoms with E-state index in [0.29, 0.717) is 5.41 Å². The Morgan fingerprint density at radius 2 is 2.25 bits per heavy atom. The smallest absolute Gasteiger partial charge is 0.0590 e. The van der Waals surface area contributed by atoms with Gasteiger partial charge in [0.15, 0.2) is 0 Å². The first kappa shape index (κ1) is 11.9. The van der Waals surface area contributed by atoms with Crippen LogP contribution in [-0.4, -0.2) is 24.7 Å². The number of pyridine rings is 1. The van der Waals surface area contributed by atoms with Crippen molar-refractivity contribution in [1.29, 1.82) is 0 Å². The second-order valence-electron chi connectivity index (χ2n) is 4.63. The van der Waals surface area contributed by atoms with Crippen LogP contribution in [0.5, 0.6) is 0 Å². The summed E-state index contributed by atoms with van der Waals surface area (Å²) in [6, 6.07) is 1.99. The molecule has 4 heteroatoms. The van der Waals surface area contributed by atoms with E-state index in [9.17, 15) is 0 Å². The minimum atomic E-state index is 0.348. The van der Waals surface area contributed by atoms with Crippen molar-refractivity contribution in [1.82, 2.24) is 4.98 Å². The van der Waals surface area contributed by atoms with Gasteiger partial charge in [-0.1, -0.05) is 6.92 Å². The van der Waals surface area contributed by atoms with Crippen molar-refractivity contribution in [3.63, 3.8) is 0 Å². The molecule has 1 aromatic rings. The third kappa shape index (κ3) is 2.95. The molecule has 0 atom stereocenters. The average molecular weight is 285 g/mol. The average Bonchev–Trinajstić information content (AvgIpc) is 2.29. The van der Waals surface area contributed by atoms with E-state index in [0.717, 1.165) is 42.8 Å². The summed E-state index contributed by atoms with van der Waals surface area (Å²) in [5, 5.41) is 3.48. The Labute approximate surface area is 105 Å².